The molecule has 1 N–H and O–H groups in total. The minimum absolute atomic E-state index is 0.00331. The maximum Gasteiger partial charge on any atom is 0.247 e. The Labute approximate surface area is 225 Å². The molecule has 0 saturated carbocycles. The predicted molar refractivity (Wildman–Crippen MR) is 149 cm³/mol. The summed E-state index contributed by atoms with van der Waals surface area (Å²) in [6, 6.07) is 14.2. The second kappa shape index (κ2) is 12.2. The lowest BCUT2D eigenvalue weighted by Crippen LogP contribution is -2.51. The molecule has 1 heterocycles. The van der Waals surface area contributed by atoms with Crippen molar-refractivity contribution < 1.29 is 14.3 Å². The second-order valence-electron chi connectivity index (χ2n) is 10.6. The first-order chi connectivity index (χ1) is 18.3. The predicted octanol–water partition coefficient (Wildman–Crippen LogP) is 5.21. The molecule has 0 spiro atoms. The average Bonchev–Trinajstić information content (AvgIpc) is 3.34. The molecule has 0 aliphatic heterocycles. The Kier molecular flexibility index (Phi) is 8.81. The number of hydrogen-bond donors (Lipinski definition) is 1. The van der Waals surface area contributed by atoms with Crippen LogP contribution >= 0.6 is 0 Å². The number of carbonyl (C=O) groups is 2. The summed E-state index contributed by atoms with van der Waals surface area (Å²) >= 11 is 0. The largest absolute Gasteiger partial charge is 0.497 e. The van der Waals surface area contributed by atoms with E-state index >= 15 is 0 Å². The SMILES string of the molecule is CCC(C)(C)NC(=O)[C@@H](c1ccc(OC)cc1)N(CCC1=CCCCC1)C(=O)Cn1nnc2ccccc21. The minimum atomic E-state index is -0.793. The standard InChI is InChI=1S/C30H39N5O3/c1-5-30(2,3)31-29(37)28(23-15-17-24(38-4)18-16-23)34(20-19-22-11-7-6-8-12-22)27(36)21-35-26-14-10-9-13-25(26)32-33-35/h9-11,13-18,28H,5-8,12,19-21H2,1-4H3,(H,31,37)/t28-/m1/s1. The third kappa shape index (κ3) is 6.60. The molecule has 38 heavy (non-hydrogen) atoms. The highest BCUT2D eigenvalue weighted by atomic mass is 16.5. The molecule has 8 heteroatoms. The smallest absolute Gasteiger partial charge is 0.247 e. The molecule has 2 aromatic carbocycles. The minimum Gasteiger partial charge on any atom is -0.497 e. The van der Waals surface area contributed by atoms with E-state index in [1.54, 1.807) is 16.7 Å². The van der Waals surface area contributed by atoms with Gasteiger partial charge in [-0.05, 0) is 82.2 Å². The molecule has 0 unspecified atom stereocenters. The number of carbonyl (C=O) groups excluding carboxylic acids is 2. The van der Waals surface area contributed by atoms with Crippen LogP contribution < -0.4 is 10.1 Å². The summed E-state index contributed by atoms with van der Waals surface area (Å²) in [7, 11) is 1.61. The maximum absolute atomic E-state index is 14.0. The molecule has 4 rings (SSSR count). The third-order valence-corrected chi connectivity index (χ3v) is 7.42. The lowest BCUT2D eigenvalue weighted by Gasteiger charge is -2.35. The molecule has 0 radical (unpaired) electrons. The van der Waals surface area contributed by atoms with Crippen LogP contribution in [-0.2, 0) is 16.1 Å². The number of allylic oxidation sites excluding steroid dienone is 1. The fourth-order valence-electron chi connectivity index (χ4n) is 4.80. The van der Waals surface area contributed by atoms with Gasteiger partial charge in [0.1, 0.15) is 23.9 Å². The van der Waals surface area contributed by atoms with Crippen molar-refractivity contribution in [3.05, 3.63) is 65.7 Å². The number of fused-ring (bicyclic) bond motifs is 1. The third-order valence-electron chi connectivity index (χ3n) is 7.42. The molecule has 2 amide bonds. The van der Waals surface area contributed by atoms with E-state index in [9.17, 15) is 9.59 Å². The van der Waals surface area contributed by atoms with E-state index in [0.717, 1.165) is 48.7 Å². The first-order valence-electron chi connectivity index (χ1n) is 13.5. The highest BCUT2D eigenvalue weighted by Gasteiger charge is 2.34. The monoisotopic (exact) mass is 517 g/mol. The molecule has 0 saturated heterocycles. The number of benzene rings is 2. The van der Waals surface area contributed by atoms with Crippen LogP contribution in [0.1, 0.15) is 70.9 Å². The average molecular weight is 518 g/mol. The zero-order valence-corrected chi connectivity index (χ0v) is 22.9. The summed E-state index contributed by atoms with van der Waals surface area (Å²) in [5, 5.41) is 11.6. The Morgan fingerprint density at radius 1 is 1.13 bits per heavy atom. The summed E-state index contributed by atoms with van der Waals surface area (Å²) in [5.74, 6) is 0.319. The van der Waals surface area contributed by atoms with Crippen molar-refractivity contribution in [3.63, 3.8) is 0 Å². The number of methoxy groups -OCH3 is 1. The van der Waals surface area contributed by atoms with Gasteiger partial charge in [-0.2, -0.15) is 0 Å². The number of ether oxygens (including phenoxy) is 1. The van der Waals surface area contributed by atoms with Crippen LogP contribution in [0.4, 0.5) is 0 Å². The number of para-hydroxylation sites is 1. The van der Waals surface area contributed by atoms with Gasteiger partial charge in [0.15, 0.2) is 0 Å². The van der Waals surface area contributed by atoms with Crippen LogP contribution in [0.5, 0.6) is 5.75 Å². The summed E-state index contributed by atoms with van der Waals surface area (Å²) in [6.07, 6.45) is 8.27. The number of aromatic nitrogens is 3. The summed E-state index contributed by atoms with van der Waals surface area (Å²) in [6.45, 7) is 6.47. The molecule has 3 aromatic rings. The lowest BCUT2D eigenvalue weighted by atomic mass is 9.95. The Balaban J connectivity index is 1.70. The van der Waals surface area contributed by atoms with Crippen LogP contribution in [0.2, 0.25) is 0 Å². The van der Waals surface area contributed by atoms with Crippen LogP contribution in [-0.4, -0.2) is 50.9 Å². The lowest BCUT2D eigenvalue weighted by molar-refractivity contribution is -0.142. The van der Waals surface area contributed by atoms with Crippen molar-refractivity contribution in [1.82, 2.24) is 25.2 Å². The number of rotatable bonds is 11. The summed E-state index contributed by atoms with van der Waals surface area (Å²) < 4.78 is 6.96. The van der Waals surface area contributed by atoms with Crippen LogP contribution in [0.15, 0.2) is 60.2 Å². The molecule has 8 nitrogen and oxygen atoms in total. The molecular formula is C30H39N5O3. The molecule has 0 bridgehead atoms. The van der Waals surface area contributed by atoms with E-state index in [2.05, 4.69) is 21.7 Å². The van der Waals surface area contributed by atoms with Gasteiger partial charge in [0, 0.05) is 12.1 Å². The molecular weight excluding hydrogens is 478 g/mol. The number of hydrogen-bond acceptors (Lipinski definition) is 5. The van der Waals surface area contributed by atoms with E-state index in [0.29, 0.717) is 12.3 Å². The summed E-state index contributed by atoms with van der Waals surface area (Å²) in [5.41, 5.74) is 3.19. The van der Waals surface area contributed by atoms with Crippen LogP contribution in [0.25, 0.3) is 11.0 Å². The molecule has 202 valence electrons. The topological polar surface area (TPSA) is 89.4 Å². The van der Waals surface area contributed by atoms with Gasteiger partial charge < -0.3 is 15.0 Å². The van der Waals surface area contributed by atoms with Crippen molar-refractivity contribution in [2.45, 2.75) is 77.4 Å². The van der Waals surface area contributed by atoms with Gasteiger partial charge in [-0.25, -0.2) is 4.68 Å². The molecule has 1 atom stereocenters. The van der Waals surface area contributed by atoms with Crippen LogP contribution in [0, 0.1) is 0 Å². The first kappa shape index (κ1) is 27.4. The zero-order chi connectivity index (χ0) is 27.1. The Hall–Kier alpha value is -3.68. The van der Waals surface area contributed by atoms with Gasteiger partial charge in [0.05, 0.1) is 12.6 Å². The zero-order valence-electron chi connectivity index (χ0n) is 22.9. The molecule has 1 aliphatic carbocycles. The van der Waals surface area contributed by atoms with Gasteiger partial charge >= 0.3 is 0 Å². The maximum atomic E-state index is 14.0. The first-order valence-corrected chi connectivity index (χ1v) is 13.5. The van der Waals surface area contributed by atoms with Gasteiger partial charge in [-0.1, -0.05) is 48.1 Å². The van der Waals surface area contributed by atoms with E-state index in [-0.39, 0.29) is 18.4 Å². The normalized spacial score (nSPS) is 14.6. The van der Waals surface area contributed by atoms with Gasteiger partial charge in [0.25, 0.3) is 0 Å². The highest BCUT2D eigenvalue weighted by Crippen LogP contribution is 2.28. The molecule has 1 aromatic heterocycles. The second-order valence-corrected chi connectivity index (χ2v) is 10.6. The van der Waals surface area contributed by atoms with Crippen LogP contribution in [0.3, 0.4) is 0 Å². The number of amides is 2. The van der Waals surface area contributed by atoms with E-state index in [4.69, 9.17) is 4.74 Å². The highest BCUT2D eigenvalue weighted by molar-refractivity contribution is 5.89. The Morgan fingerprint density at radius 3 is 2.58 bits per heavy atom. The van der Waals surface area contributed by atoms with Crippen molar-refractivity contribution >= 4 is 22.8 Å². The van der Waals surface area contributed by atoms with Gasteiger partial charge in [-0.15, -0.1) is 5.10 Å². The summed E-state index contributed by atoms with van der Waals surface area (Å²) in [4.78, 5) is 29.6. The van der Waals surface area contributed by atoms with E-state index in [1.165, 1.54) is 12.0 Å². The van der Waals surface area contributed by atoms with E-state index in [1.807, 2.05) is 69.3 Å². The molecule has 1 aliphatic rings. The fourth-order valence-corrected chi connectivity index (χ4v) is 4.80. The Bertz CT molecular complexity index is 1280. The van der Waals surface area contributed by atoms with Gasteiger partial charge in [0.2, 0.25) is 11.8 Å². The number of nitrogens with zero attached hydrogens (tertiary/aromatic N) is 4. The van der Waals surface area contributed by atoms with Gasteiger partial charge in [-0.3, -0.25) is 9.59 Å². The van der Waals surface area contributed by atoms with Crippen molar-refractivity contribution in [2.24, 2.45) is 0 Å². The van der Waals surface area contributed by atoms with Crippen molar-refractivity contribution in [1.29, 1.82) is 0 Å². The number of nitrogens with one attached hydrogen (secondary N) is 1. The van der Waals surface area contributed by atoms with Crippen molar-refractivity contribution in [2.75, 3.05) is 13.7 Å². The van der Waals surface area contributed by atoms with Crippen molar-refractivity contribution in [3.8, 4) is 5.75 Å². The quantitative estimate of drug-likeness (QED) is 0.353. The Morgan fingerprint density at radius 2 is 1.89 bits per heavy atom. The molecule has 0 fully saturated rings. The van der Waals surface area contributed by atoms with E-state index < -0.39 is 11.6 Å². The fraction of sp³-hybridized carbons (Fsp3) is 0.467.